The summed E-state index contributed by atoms with van der Waals surface area (Å²) in [6, 6.07) is 5.95. The number of rotatable bonds is 6. The zero-order valence-corrected chi connectivity index (χ0v) is 13.2. The Hall–Kier alpha value is -2.84. The maximum absolute atomic E-state index is 13.7. The molecular weight excluding hydrogens is 342 g/mol. The molecule has 2 aromatic rings. The number of ether oxygens (including phenoxy) is 1. The summed E-state index contributed by atoms with van der Waals surface area (Å²) in [5.74, 6) is -0.793. The summed E-state index contributed by atoms with van der Waals surface area (Å²) in [4.78, 5) is 15.5. The molecule has 0 atom stereocenters. The van der Waals surface area contributed by atoms with E-state index in [-0.39, 0.29) is 24.5 Å². The first-order chi connectivity index (χ1) is 11.8. The molecule has 2 N–H and O–H groups in total. The fourth-order valence-corrected chi connectivity index (χ4v) is 1.93. The second kappa shape index (κ2) is 7.82. The van der Waals surface area contributed by atoms with Gasteiger partial charge in [0.05, 0.1) is 18.2 Å². The molecule has 1 heterocycles. The van der Waals surface area contributed by atoms with Crippen molar-refractivity contribution in [2.24, 2.45) is 0 Å². The van der Waals surface area contributed by atoms with E-state index in [1.165, 1.54) is 25.3 Å². The molecule has 2 rings (SSSR count). The van der Waals surface area contributed by atoms with E-state index in [0.29, 0.717) is 11.9 Å². The highest BCUT2D eigenvalue weighted by Gasteiger charge is 2.30. The fourth-order valence-electron chi connectivity index (χ4n) is 1.93. The molecule has 0 spiro atoms. The minimum absolute atomic E-state index is 0.131. The third kappa shape index (κ3) is 5.07. The zero-order chi connectivity index (χ0) is 18.4. The van der Waals surface area contributed by atoms with Crippen molar-refractivity contribution < 1.29 is 27.1 Å². The topological polar surface area (TPSA) is 63.2 Å². The lowest BCUT2D eigenvalue weighted by atomic mass is 10.2. The van der Waals surface area contributed by atoms with Crippen LogP contribution in [-0.2, 0) is 6.18 Å². The number of nitrogens with one attached hydrogen (secondary N) is 2. The molecule has 0 saturated heterocycles. The van der Waals surface area contributed by atoms with Crippen LogP contribution in [0.3, 0.4) is 0 Å². The van der Waals surface area contributed by atoms with E-state index in [4.69, 9.17) is 4.74 Å². The smallest absolute Gasteiger partial charge is 0.417 e. The molecule has 25 heavy (non-hydrogen) atoms. The van der Waals surface area contributed by atoms with Crippen molar-refractivity contribution in [3.05, 3.63) is 53.5 Å². The molecular formula is C16H15F4N3O2. The van der Waals surface area contributed by atoms with Crippen molar-refractivity contribution in [2.45, 2.75) is 6.18 Å². The third-order valence-corrected chi connectivity index (χ3v) is 3.23. The van der Waals surface area contributed by atoms with E-state index in [0.717, 1.165) is 12.1 Å². The first-order valence-electron chi connectivity index (χ1n) is 7.20. The van der Waals surface area contributed by atoms with Crippen LogP contribution in [0.1, 0.15) is 15.9 Å². The largest absolute Gasteiger partial charge is 0.497 e. The van der Waals surface area contributed by atoms with Crippen LogP contribution in [0.25, 0.3) is 0 Å². The van der Waals surface area contributed by atoms with Crippen LogP contribution in [0.15, 0.2) is 36.5 Å². The molecule has 1 amide bonds. The van der Waals surface area contributed by atoms with Gasteiger partial charge in [-0.05, 0) is 24.3 Å². The van der Waals surface area contributed by atoms with Crippen LogP contribution in [0.4, 0.5) is 23.4 Å². The van der Waals surface area contributed by atoms with Crippen LogP contribution in [0.2, 0.25) is 0 Å². The molecule has 0 aliphatic heterocycles. The van der Waals surface area contributed by atoms with Gasteiger partial charge >= 0.3 is 6.18 Å². The lowest BCUT2D eigenvalue weighted by Crippen LogP contribution is -2.29. The van der Waals surface area contributed by atoms with Gasteiger partial charge in [0.25, 0.3) is 5.91 Å². The normalized spacial score (nSPS) is 11.1. The van der Waals surface area contributed by atoms with Gasteiger partial charge in [-0.2, -0.15) is 13.2 Å². The average Bonchev–Trinajstić information content (AvgIpc) is 2.58. The first-order valence-corrected chi connectivity index (χ1v) is 7.20. The number of alkyl halides is 3. The summed E-state index contributed by atoms with van der Waals surface area (Å²) in [7, 11) is 1.38. The highest BCUT2D eigenvalue weighted by molar-refractivity contribution is 5.94. The molecule has 0 bridgehead atoms. The van der Waals surface area contributed by atoms with Gasteiger partial charge in [0, 0.05) is 25.4 Å². The average molecular weight is 357 g/mol. The number of amides is 1. The second-order valence-corrected chi connectivity index (χ2v) is 4.96. The van der Waals surface area contributed by atoms with E-state index in [9.17, 15) is 22.4 Å². The predicted molar refractivity (Wildman–Crippen MR) is 83.0 cm³/mol. The SMILES string of the molecule is COc1ccc(C(=O)NCCNc2ccc(C(F)(F)F)cn2)c(F)c1. The van der Waals surface area contributed by atoms with Gasteiger partial charge in [0.1, 0.15) is 17.4 Å². The number of anilines is 1. The van der Waals surface area contributed by atoms with Gasteiger partial charge in [0.2, 0.25) is 0 Å². The third-order valence-electron chi connectivity index (χ3n) is 3.23. The van der Waals surface area contributed by atoms with Gasteiger partial charge in [-0.1, -0.05) is 0 Å². The van der Waals surface area contributed by atoms with Crippen molar-refractivity contribution >= 4 is 11.7 Å². The lowest BCUT2D eigenvalue weighted by Gasteiger charge is -2.10. The van der Waals surface area contributed by atoms with Crippen molar-refractivity contribution in [1.29, 1.82) is 0 Å². The number of hydrogen-bond donors (Lipinski definition) is 2. The number of carbonyl (C=O) groups is 1. The lowest BCUT2D eigenvalue weighted by molar-refractivity contribution is -0.137. The summed E-state index contributed by atoms with van der Waals surface area (Å²) in [6.07, 6.45) is -3.73. The Balaban J connectivity index is 1.82. The summed E-state index contributed by atoms with van der Waals surface area (Å²) in [5, 5.41) is 5.25. The van der Waals surface area contributed by atoms with E-state index >= 15 is 0 Å². The first kappa shape index (κ1) is 18.5. The number of hydrogen-bond acceptors (Lipinski definition) is 4. The summed E-state index contributed by atoms with van der Waals surface area (Å²) in [6.45, 7) is 0.342. The Morgan fingerprint density at radius 1 is 1.20 bits per heavy atom. The Bertz CT molecular complexity index is 733. The number of halogens is 4. The predicted octanol–water partition coefficient (Wildman–Crippen LogP) is 3.09. The summed E-state index contributed by atoms with van der Waals surface area (Å²) >= 11 is 0. The van der Waals surface area contributed by atoms with Crippen LogP contribution in [0, 0.1) is 5.82 Å². The van der Waals surface area contributed by atoms with Crippen LogP contribution < -0.4 is 15.4 Å². The van der Waals surface area contributed by atoms with E-state index in [1.54, 1.807) is 0 Å². The fraction of sp³-hybridized carbons (Fsp3) is 0.250. The quantitative estimate of drug-likeness (QED) is 0.616. The van der Waals surface area contributed by atoms with Crippen LogP contribution in [0.5, 0.6) is 5.75 Å². The highest BCUT2D eigenvalue weighted by Crippen LogP contribution is 2.28. The maximum Gasteiger partial charge on any atom is 0.417 e. The Morgan fingerprint density at radius 3 is 2.52 bits per heavy atom. The summed E-state index contributed by atoms with van der Waals surface area (Å²) in [5.41, 5.74) is -0.977. The van der Waals surface area contributed by atoms with Gasteiger partial charge < -0.3 is 15.4 Å². The van der Waals surface area contributed by atoms with Crippen molar-refractivity contribution in [1.82, 2.24) is 10.3 Å². The number of carbonyl (C=O) groups excluding carboxylic acids is 1. The van der Waals surface area contributed by atoms with Crippen molar-refractivity contribution in [3.8, 4) is 5.75 Å². The molecule has 5 nitrogen and oxygen atoms in total. The molecule has 0 aliphatic carbocycles. The van der Waals surface area contributed by atoms with Gasteiger partial charge in [-0.15, -0.1) is 0 Å². The molecule has 0 unspecified atom stereocenters. The highest BCUT2D eigenvalue weighted by atomic mass is 19.4. The van der Waals surface area contributed by atoms with Gasteiger partial charge in [0.15, 0.2) is 0 Å². The number of pyridine rings is 1. The molecule has 1 aromatic heterocycles. The summed E-state index contributed by atoms with van der Waals surface area (Å²) < 4.78 is 55.8. The molecule has 0 saturated carbocycles. The molecule has 0 fully saturated rings. The molecule has 1 aromatic carbocycles. The molecule has 134 valence electrons. The second-order valence-electron chi connectivity index (χ2n) is 4.96. The Labute approximate surface area is 141 Å². The van der Waals surface area contributed by atoms with Crippen LogP contribution >= 0.6 is 0 Å². The minimum atomic E-state index is -4.44. The number of nitrogens with zero attached hydrogens (tertiary/aromatic N) is 1. The Morgan fingerprint density at radius 2 is 1.96 bits per heavy atom. The molecule has 9 heteroatoms. The Kier molecular flexibility index (Phi) is 5.79. The molecule has 0 radical (unpaired) electrons. The van der Waals surface area contributed by atoms with Gasteiger partial charge in [-0.3, -0.25) is 4.79 Å². The van der Waals surface area contributed by atoms with Crippen molar-refractivity contribution in [3.63, 3.8) is 0 Å². The van der Waals surface area contributed by atoms with Crippen molar-refractivity contribution in [2.75, 3.05) is 25.5 Å². The van der Waals surface area contributed by atoms with Gasteiger partial charge in [-0.25, -0.2) is 9.37 Å². The van der Waals surface area contributed by atoms with E-state index in [2.05, 4.69) is 15.6 Å². The standard InChI is InChI=1S/C16H15F4N3O2/c1-25-11-3-4-12(13(17)8-11)15(24)22-7-6-21-14-5-2-10(9-23-14)16(18,19)20/h2-5,8-9H,6-7H2,1H3,(H,21,23)(H,22,24). The minimum Gasteiger partial charge on any atom is -0.497 e. The zero-order valence-electron chi connectivity index (χ0n) is 13.2. The number of benzene rings is 1. The monoisotopic (exact) mass is 357 g/mol. The van der Waals surface area contributed by atoms with Crippen LogP contribution in [-0.4, -0.2) is 31.1 Å². The number of methoxy groups -OCH3 is 1. The van der Waals surface area contributed by atoms with E-state index in [1.807, 2.05) is 0 Å². The maximum atomic E-state index is 13.7. The van der Waals surface area contributed by atoms with E-state index < -0.39 is 23.5 Å². The number of aromatic nitrogens is 1. The molecule has 0 aliphatic rings.